The largest absolute Gasteiger partial charge is 0.487 e. The monoisotopic (exact) mass is 443 g/mol. The third-order valence-electron chi connectivity index (χ3n) is 3.79. The predicted molar refractivity (Wildman–Crippen MR) is 116 cm³/mol. The Morgan fingerprint density at radius 3 is 2.69 bits per heavy atom. The molecule has 0 aliphatic carbocycles. The second-order valence-corrected chi connectivity index (χ2v) is 7.87. The number of carbonyl (C=O) groups excluding carboxylic acids is 1. The summed E-state index contributed by atoms with van der Waals surface area (Å²) < 4.78 is 5.69. The van der Waals surface area contributed by atoms with E-state index >= 15 is 0 Å². The van der Waals surface area contributed by atoms with Gasteiger partial charge < -0.3 is 10.1 Å². The van der Waals surface area contributed by atoms with E-state index in [-0.39, 0.29) is 5.57 Å². The fourth-order valence-corrected chi connectivity index (χ4v) is 3.32. The van der Waals surface area contributed by atoms with Crippen molar-refractivity contribution >= 4 is 52.2 Å². The summed E-state index contributed by atoms with van der Waals surface area (Å²) in [5.41, 5.74) is 1.84. The van der Waals surface area contributed by atoms with Crippen LogP contribution in [0, 0.1) is 18.3 Å². The van der Waals surface area contributed by atoms with Crippen molar-refractivity contribution in [3.63, 3.8) is 0 Å². The van der Waals surface area contributed by atoms with Crippen LogP contribution in [0.5, 0.6) is 5.75 Å². The summed E-state index contributed by atoms with van der Waals surface area (Å²) >= 11 is 13.5. The minimum Gasteiger partial charge on any atom is -0.487 e. The van der Waals surface area contributed by atoms with Gasteiger partial charge in [-0.1, -0.05) is 35.3 Å². The maximum Gasteiger partial charge on any atom is 0.266 e. The number of thiazole rings is 1. The van der Waals surface area contributed by atoms with E-state index in [9.17, 15) is 10.1 Å². The summed E-state index contributed by atoms with van der Waals surface area (Å²) in [7, 11) is 0. The Morgan fingerprint density at radius 1 is 1.28 bits per heavy atom. The Labute approximate surface area is 182 Å². The van der Waals surface area contributed by atoms with Gasteiger partial charge in [0.2, 0.25) is 0 Å². The number of hydrogen-bond donors (Lipinski definition) is 1. The molecular weight excluding hydrogens is 429 g/mol. The van der Waals surface area contributed by atoms with Crippen molar-refractivity contribution in [1.82, 2.24) is 4.98 Å². The third-order valence-corrected chi connectivity index (χ3v) is 5.17. The summed E-state index contributed by atoms with van der Waals surface area (Å²) in [6.07, 6.45) is 1.49. The number of nitrogens with one attached hydrogen (secondary N) is 1. The van der Waals surface area contributed by atoms with E-state index in [1.165, 1.54) is 12.1 Å². The van der Waals surface area contributed by atoms with Gasteiger partial charge in [-0.05, 0) is 48.9 Å². The average Bonchev–Trinajstić information content (AvgIpc) is 3.13. The smallest absolute Gasteiger partial charge is 0.266 e. The molecule has 0 spiro atoms. The highest BCUT2D eigenvalue weighted by Gasteiger charge is 2.12. The van der Waals surface area contributed by atoms with Crippen molar-refractivity contribution in [1.29, 1.82) is 5.26 Å². The highest BCUT2D eigenvalue weighted by Crippen LogP contribution is 2.26. The fraction of sp³-hybridized carbons (Fsp3) is 0.0952. The number of amides is 1. The molecule has 2 aromatic carbocycles. The number of benzene rings is 2. The van der Waals surface area contributed by atoms with Gasteiger partial charge >= 0.3 is 0 Å². The number of nitrogens with zero attached hydrogens (tertiary/aromatic N) is 2. The lowest BCUT2D eigenvalue weighted by Crippen LogP contribution is -2.13. The molecule has 29 heavy (non-hydrogen) atoms. The molecule has 146 valence electrons. The predicted octanol–water partition coefficient (Wildman–Crippen LogP) is 5.88. The highest BCUT2D eigenvalue weighted by molar-refractivity contribution is 7.09. The molecule has 0 atom stereocenters. The molecule has 0 fully saturated rings. The Kier molecular flexibility index (Phi) is 6.89. The quantitative estimate of drug-likeness (QED) is 0.380. The van der Waals surface area contributed by atoms with E-state index in [1.807, 2.05) is 18.4 Å². The molecule has 0 aliphatic heterocycles. The van der Waals surface area contributed by atoms with Crippen molar-refractivity contribution in [3.05, 3.63) is 79.7 Å². The molecule has 3 aromatic rings. The molecule has 1 heterocycles. The molecular formula is C21H15Cl2N3O2S. The van der Waals surface area contributed by atoms with Gasteiger partial charge in [0.15, 0.2) is 0 Å². The first-order chi connectivity index (χ1) is 13.9. The van der Waals surface area contributed by atoms with Crippen molar-refractivity contribution < 1.29 is 9.53 Å². The first kappa shape index (κ1) is 20.9. The molecule has 0 saturated carbocycles. The van der Waals surface area contributed by atoms with Gasteiger partial charge in [0.1, 0.15) is 24.0 Å². The maximum absolute atomic E-state index is 12.4. The minimum atomic E-state index is -0.573. The summed E-state index contributed by atoms with van der Waals surface area (Å²) in [4.78, 5) is 16.8. The van der Waals surface area contributed by atoms with E-state index in [1.54, 1.807) is 47.7 Å². The van der Waals surface area contributed by atoms with Gasteiger partial charge in [-0.2, -0.15) is 5.26 Å². The molecule has 0 saturated heterocycles. The zero-order chi connectivity index (χ0) is 20.8. The molecule has 5 nitrogen and oxygen atoms in total. The molecule has 1 N–H and O–H groups in total. The lowest BCUT2D eigenvalue weighted by atomic mass is 10.1. The van der Waals surface area contributed by atoms with Gasteiger partial charge in [0.25, 0.3) is 5.91 Å². The maximum atomic E-state index is 12.4. The Balaban J connectivity index is 1.67. The third kappa shape index (κ3) is 5.81. The zero-order valence-electron chi connectivity index (χ0n) is 15.3. The SMILES string of the molecule is Cc1nc(COc2ccc(/C=C(\C#N)C(=O)Nc3cc(Cl)ccc3Cl)cc2)cs1. The van der Waals surface area contributed by atoms with Crippen LogP contribution in [0.1, 0.15) is 16.3 Å². The molecule has 0 bridgehead atoms. The van der Waals surface area contributed by atoms with E-state index in [4.69, 9.17) is 27.9 Å². The van der Waals surface area contributed by atoms with Crippen LogP contribution in [0.4, 0.5) is 5.69 Å². The van der Waals surface area contributed by atoms with Crippen LogP contribution in [0.3, 0.4) is 0 Å². The topological polar surface area (TPSA) is 75.0 Å². The van der Waals surface area contributed by atoms with Crippen molar-refractivity contribution in [2.24, 2.45) is 0 Å². The Morgan fingerprint density at radius 2 is 2.03 bits per heavy atom. The van der Waals surface area contributed by atoms with Crippen LogP contribution < -0.4 is 10.1 Å². The van der Waals surface area contributed by atoms with Crippen LogP contribution >= 0.6 is 34.5 Å². The van der Waals surface area contributed by atoms with Gasteiger partial charge in [-0.15, -0.1) is 11.3 Å². The number of aryl methyl sites for hydroxylation is 1. The minimum absolute atomic E-state index is 0.0624. The van der Waals surface area contributed by atoms with E-state index in [0.717, 1.165) is 10.7 Å². The van der Waals surface area contributed by atoms with Crippen LogP contribution in [-0.2, 0) is 11.4 Å². The van der Waals surface area contributed by atoms with E-state index in [0.29, 0.717) is 33.7 Å². The first-order valence-corrected chi connectivity index (χ1v) is 10.1. The van der Waals surface area contributed by atoms with Gasteiger partial charge in [0, 0.05) is 10.4 Å². The average molecular weight is 444 g/mol. The lowest BCUT2D eigenvalue weighted by molar-refractivity contribution is -0.112. The van der Waals surface area contributed by atoms with Crippen LogP contribution in [0.2, 0.25) is 10.0 Å². The number of halogens is 2. The van der Waals surface area contributed by atoms with Crippen LogP contribution in [0.25, 0.3) is 6.08 Å². The number of ether oxygens (including phenoxy) is 1. The molecule has 0 radical (unpaired) electrons. The van der Waals surface area contributed by atoms with E-state index < -0.39 is 5.91 Å². The highest BCUT2D eigenvalue weighted by atomic mass is 35.5. The van der Waals surface area contributed by atoms with Crippen molar-refractivity contribution in [2.75, 3.05) is 5.32 Å². The number of nitriles is 1. The lowest BCUT2D eigenvalue weighted by Gasteiger charge is -2.07. The van der Waals surface area contributed by atoms with Crippen molar-refractivity contribution in [2.45, 2.75) is 13.5 Å². The molecule has 3 rings (SSSR count). The second-order valence-electron chi connectivity index (χ2n) is 5.96. The summed E-state index contributed by atoms with van der Waals surface area (Å²) in [5, 5.41) is 15.7. The normalized spacial score (nSPS) is 11.0. The van der Waals surface area contributed by atoms with Gasteiger partial charge in [-0.3, -0.25) is 4.79 Å². The summed E-state index contributed by atoms with van der Waals surface area (Å²) in [6, 6.07) is 13.7. The molecule has 8 heteroatoms. The number of anilines is 1. The standard InChI is InChI=1S/C21H15Cl2N3O2S/c1-13-25-17(12-29-13)11-28-18-5-2-14(3-6-18)8-15(10-24)21(27)26-20-9-16(22)4-7-19(20)23/h2-9,12H,11H2,1H3,(H,26,27)/b15-8+. The zero-order valence-corrected chi connectivity index (χ0v) is 17.6. The number of carbonyl (C=O) groups is 1. The van der Waals surface area contributed by atoms with Crippen LogP contribution in [-0.4, -0.2) is 10.9 Å². The number of aromatic nitrogens is 1. The molecule has 1 amide bonds. The Hall–Kier alpha value is -2.85. The molecule has 0 aliphatic rings. The van der Waals surface area contributed by atoms with Crippen LogP contribution in [0.15, 0.2) is 53.4 Å². The fourth-order valence-electron chi connectivity index (χ4n) is 2.39. The summed E-state index contributed by atoms with van der Waals surface area (Å²) in [6.45, 7) is 2.32. The molecule has 0 unspecified atom stereocenters. The van der Waals surface area contributed by atoms with Gasteiger partial charge in [0.05, 0.1) is 21.4 Å². The first-order valence-electron chi connectivity index (χ1n) is 8.46. The van der Waals surface area contributed by atoms with Gasteiger partial charge in [-0.25, -0.2) is 4.98 Å². The second kappa shape index (κ2) is 9.57. The number of hydrogen-bond acceptors (Lipinski definition) is 5. The number of rotatable bonds is 6. The Bertz CT molecular complexity index is 1100. The van der Waals surface area contributed by atoms with Crippen molar-refractivity contribution in [3.8, 4) is 11.8 Å². The molecule has 1 aromatic heterocycles. The van der Waals surface area contributed by atoms with E-state index in [2.05, 4.69) is 10.3 Å². The summed E-state index contributed by atoms with van der Waals surface area (Å²) in [5.74, 6) is 0.0948.